The lowest BCUT2D eigenvalue weighted by atomic mass is 10.2. The Balaban J connectivity index is 2.56. The Bertz CT molecular complexity index is 635. The fourth-order valence-electron chi connectivity index (χ4n) is 1.90. The van der Waals surface area contributed by atoms with Crippen LogP contribution in [0.5, 0.6) is 0 Å². The SMILES string of the molecule is CCNC(=O)CN(CC)C(=O)COC(=O)c1ccc(SC(F)(F)F)cc1. The number of nitrogens with zero attached hydrogens (tertiary/aromatic N) is 1. The molecule has 1 N–H and O–H groups in total. The van der Waals surface area contributed by atoms with Crippen LogP contribution >= 0.6 is 11.8 Å². The number of ether oxygens (including phenoxy) is 1. The third-order valence-electron chi connectivity index (χ3n) is 3.09. The normalized spacial score (nSPS) is 11.0. The molecule has 0 bridgehead atoms. The van der Waals surface area contributed by atoms with Gasteiger partial charge in [-0.2, -0.15) is 13.2 Å². The van der Waals surface area contributed by atoms with Gasteiger partial charge in [-0.15, -0.1) is 0 Å². The number of carbonyl (C=O) groups is 3. The van der Waals surface area contributed by atoms with Crippen LogP contribution in [-0.2, 0) is 14.3 Å². The number of rotatable bonds is 8. The number of hydrogen-bond donors (Lipinski definition) is 1. The van der Waals surface area contributed by atoms with Gasteiger partial charge in [-0.25, -0.2) is 4.79 Å². The van der Waals surface area contributed by atoms with Crippen molar-refractivity contribution < 1.29 is 32.3 Å². The Morgan fingerprint density at radius 3 is 2.27 bits per heavy atom. The Labute approximate surface area is 153 Å². The molecule has 0 saturated carbocycles. The van der Waals surface area contributed by atoms with E-state index in [9.17, 15) is 27.6 Å². The van der Waals surface area contributed by atoms with Crippen molar-refractivity contribution in [2.75, 3.05) is 26.2 Å². The maximum Gasteiger partial charge on any atom is 0.446 e. The van der Waals surface area contributed by atoms with Gasteiger partial charge in [-0.05, 0) is 49.9 Å². The Morgan fingerprint density at radius 1 is 1.15 bits per heavy atom. The molecule has 0 aromatic heterocycles. The van der Waals surface area contributed by atoms with E-state index in [1.807, 2.05) is 0 Å². The van der Waals surface area contributed by atoms with Gasteiger partial charge in [-0.1, -0.05) is 0 Å². The highest BCUT2D eigenvalue weighted by Crippen LogP contribution is 2.36. The summed E-state index contributed by atoms with van der Waals surface area (Å²) in [6, 6.07) is 4.66. The van der Waals surface area contributed by atoms with Gasteiger partial charge in [0.15, 0.2) is 6.61 Å². The fraction of sp³-hybridized carbons (Fsp3) is 0.438. The van der Waals surface area contributed by atoms with Crippen LogP contribution in [0.1, 0.15) is 24.2 Å². The molecule has 0 unspecified atom stereocenters. The predicted octanol–water partition coefficient (Wildman–Crippen LogP) is 2.44. The van der Waals surface area contributed by atoms with E-state index in [-0.39, 0.29) is 41.2 Å². The first-order valence-corrected chi connectivity index (χ1v) is 8.55. The standard InChI is InChI=1S/C16H19F3N2O4S/c1-3-20-13(22)9-21(4-2)14(23)10-25-15(24)11-5-7-12(8-6-11)26-16(17,18)19/h5-8H,3-4,9-10H2,1-2H3,(H,20,22). The average Bonchev–Trinajstić information content (AvgIpc) is 2.56. The predicted molar refractivity (Wildman–Crippen MR) is 89.6 cm³/mol. The summed E-state index contributed by atoms with van der Waals surface area (Å²) in [5.41, 5.74) is -4.39. The van der Waals surface area contributed by atoms with Crippen molar-refractivity contribution in [1.29, 1.82) is 0 Å². The fourth-order valence-corrected chi connectivity index (χ4v) is 2.44. The van der Waals surface area contributed by atoms with Gasteiger partial charge in [0, 0.05) is 18.0 Å². The van der Waals surface area contributed by atoms with Gasteiger partial charge in [0.1, 0.15) is 0 Å². The molecule has 2 amide bonds. The third kappa shape index (κ3) is 7.77. The molecule has 0 radical (unpaired) electrons. The molecular weight excluding hydrogens is 373 g/mol. The molecule has 0 heterocycles. The van der Waals surface area contributed by atoms with Gasteiger partial charge in [-0.3, -0.25) is 9.59 Å². The first-order chi connectivity index (χ1) is 12.2. The zero-order valence-electron chi connectivity index (χ0n) is 14.3. The van der Waals surface area contributed by atoms with E-state index in [2.05, 4.69) is 5.32 Å². The van der Waals surface area contributed by atoms with Crippen LogP contribution in [0.25, 0.3) is 0 Å². The number of alkyl halides is 3. The van der Waals surface area contributed by atoms with Crippen molar-refractivity contribution in [1.82, 2.24) is 10.2 Å². The summed E-state index contributed by atoms with van der Waals surface area (Å²) < 4.78 is 41.6. The molecule has 0 aliphatic heterocycles. The quantitative estimate of drug-likeness (QED) is 0.543. The van der Waals surface area contributed by atoms with Gasteiger partial charge < -0.3 is 15.0 Å². The second kappa shape index (κ2) is 10.0. The van der Waals surface area contributed by atoms with E-state index in [0.717, 1.165) is 12.1 Å². The molecular formula is C16H19F3N2O4S. The highest BCUT2D eigenvalue weighted by atomic mass is 32.2. The Kier molecular flexibility index (Phi) is 8.43. The van der Waals surface area contributed by atoms with E-state index >= 15 is 0 Å². The smallest absolute Gasteiger partial charge is 0.446 e. The lowest BCUT2D eigenvalue weighted by molar-refractivity contribution is -0.138. The molecule has 1 aromatic rings. The Morgan fingerprint density at radius 2 is 1.77 bits per heavy atom. The van der Waals surface area contributed by atoms with Crippen LogP contribution in [0.2, 0.25) is 0 Å². The molecule has 144 valence electrons. The lowest BCUT2D eigenvalue weighted by Crippen LogP contribution is -2.42. The molecule has 0 spiro atoms. The number of benzene rings is 1. The first kappa shape index (κ1) is 21.8. The van der Waals surface area contributed by atoms with Crippen LogP contribution in [0, 0.1) is 0 Å². The van der Waals surface area contributed by atoms with Crippen molar-refractivity contribution in [2.45, 2.75) is 24.3 Å². The van der Waals surface area contributed by atoms with Crippen LogP contribution < -0.4 is 5.32 Å². The van der Waals surface area contributed by atoms with E-state index in [0.29, 0.717) is 6.54 Å². The van der Waals surface area contributed by atoms with Gasteiger partial charge in [0.2, 0.25) is 5.91 Å². The number of carbonyl (C=O) groups excluding carboxylic acids is 3. The second-order valence-corrected chi connectivity index (χ2v) is 6.15. The number of halogens is 3. The molecule has 1 aromatic carbocycles. The van der Waals surface area contributed by atoms with Gasteiger partial charge >= 0.3 is 11.5 Å². The zero-order chi connectivity index (χ0) is 19.7. The molecule has 0 saturated heterocycles. The van der Waals surface area contributed by atoms with E-state index in [4.69, 9.17) is 4.74 Å². The van der Waals surface area contributed by atoms with Crippen LogP contribution in [-0.4, -0.2) is 54.4 Å². The van der Waals surface area contributed by atoms with Gasteiger partial charge in [0.05, 0.1) is 12.1 Å². The number of nitrogens with one attached hydrogen (secondary N) is 1. The number of likely N-dealkylation sites (N-methyl/N-ethyl adjacent to an activating group) is 2. The summed E-state index contributed by atoms with van der Waals surface area (Å²) in [6.07, 6.45) is 0. The molecule has 0 aliphatic carbocycles. The molecule has 1 rings (SSSR count). The lowest BCUT2D eigenvalue weighted by Gasteiger charge is -2.20. The van der Waals surface area contributed by atoms with E-state index < -0.39 is 24.0 Å². The summed E-state index contributed by atoms with van der Waals surface area (Å²) in [7, 11) is 0. The minimum absolute atomic E-state index is 0.0242. The number of hydrogen-bond acceptors (Lipinski definition) is 5. The summed E-state index contributed by atoms with van der Waals surface area (Å²) >= 11 is -0.295. The van der Waals surface area contributed by atoms with Crippen LogP contribution in [0.15, 0.2) is 29.2 Å². The molecule has 0 atom stereocenters. The molecule has 0 aliphatic rings. The molecule has 0 fully saturated rings. The minimum atomic E-state index is -4.41. The zero-order valence-corrected chi connectivity index (χ0v) is 15.1. The van der Waals surface area contributed by atoms with Crippen LogP contribution in [0.3, 0.4) is 0 Å². The first-order valence-electron chi connectivity index (χ1n) is 7.73. The molecule has 6 nitrogen and oxygen atoms in total. The van der Waals surface area contributed by atoms with Crippen molar-refractivity contribution in [3.05, 3.63) is 29.8 Å². The highest BCUT2D eigenvalue weighted by Gasteiger charge is 2.29. The molecule has 26 heavy (non-hydrogen) atoms. The summed E-state index contributed by atoms with van der Waals surface area (Å²) in [5.74, 6) is -1.71. The monoisotopic (exact) mass is 392 g/mol. The van der Waals surface area contributed by atoms with Crippen molar-refractivity contribution in [3.63, 3.8) is 0 Å². The van der Waals surface area contributed by atoms with Gasteiger partial charge in [0.25, 0.3) is 5.91 Å². The van der Waals surface area contributed by atoms with Crippen molar-refractivity contribution >= 4 is 29.5 Å². The number of esters is 1. The molecule has 10 heteroatoms. The Hall–Kier alpha value is -2.23. The van der Waals surface area contributed by atoms with E-state index in [1.54, 1.807) is 13.8 Å². The summed E-state index contributed by atoms with van der Waals surface area (Å²) in [4.78, 5) is 36.6. The summed E-state index contributed by atoms with van der Waals surface area (Å²) in [6.45, 7) is 3.40. The minimum Gasteiger partial charge on any atom is -0.452 e. The maximum absolute atomic E-state index is 12.3. The highest BCUT2D eigenvalue weighted by molar-refractivity contribution is 8.00. The second-order valence-electron chi connectivity index (χ2n) is 5.01. The summed E-state index contributed by atoms with van der Waals surface area (Å²) in [5, 5.41) is 2.55. The van der Waals surface area contributed by atoms with Crippen molar-refractivity contribution in [3.8, 4) is 0 Å². The largest absolute Gasteiger partial charge is 0.452 e. The topological polar surface area (TPSA) is 75.7 Å². The number of amides is 2. The average molecular weight is 392 g/mol. The third-order valence-corrected chi connectivity index (χ3v) is 3.83. The van der Waals surface area contributed by atoms with Crippen molar-refractivity contribution in [2.24, 2.45) is 0 Å². The maximum atomic E-state index is 12.3. The number of thioether (sulfide) groups is 1. The van der Waals surface area contributed by atoms with Crippen LogP contribution in [0.4, 0.5) is 13.2 Å². The van der Waals surface area contributed by atoms with E-state index in [1.165, 1.54) is 17.0 Å².